The molecule has 0 bridgehead atoms. The molecule has 0 radical (unpaired) electrons. The van der Waals surface area contributed by atoms with Crippen molar-refractivity contribution in [3.63, 3.8) is 0 Å². The van der Waals surface area contributed by atoms with E-state index in [2.05, 4.69) is 36.9 Å². The maximum atomic E-state index is 14.1. The number of nitrogens with zero attached hydrogens (tertiary/aromatic N) is 2. The fourth-order valence-electron chi connectivity index (χ4n) is 4.30. The van der Waals surface area contributed by atoms with Crippen LogP contribution in [0.3, 0.4) is 0 Å². The van der Waals surface area contributed by atoms with Crippen molar-refractivity contribution in [3.8, 4) is 5.75 Å². The maximum Gasteiger partial charge on any atom is 0.266 e. The van der Waals surface area contributed by atoms with Crippen LogP contribution in [0, 0.1) is 19.7 Å². The van der Waals surface area contributed by atoms with Crippen molar-refractivity contribution < 1.29 is 18.7 Å². The quantitative estimate of drug-likeness (QED) is 0.475. The number of halogens is 1. The average Bonchev–Trinajstić information content (AvgIpc) is 2.78. The molecule has 2 saturated heterocycles. The minimum absolute atomic E-state index is 0.0714. The third-order valence-electron chi connectivity index (χ3n) is 6.34. The highest BCUT2D eigenvalue weighted by Crippen LogP contribution is 2.39. The second-order valence-electron chi connectivity index (χ2n) is 8.45. The highest BCUT2D eigenvalue weighted by Gasteiger charge is 2.50. The van der Waals surface area contributed by atoms with Crippen molar-refractivity contribution in [3.05, 3.63) is 65.0 Å². The van der Waals surface area contributed by atoms with Crippen molar-refractivity contribution in [2.75, 3.05) is 39.4 Å². The van der Waals surface area contributed by atoms with Gasteiger partial charge in [-0.3, -0.25) is 9.69 Å². The van der Waals surface area contributed by atoms with E-state index in [-0.39, 0.29) is 17.7 Å². The van der Waals surface area contributed by atoms with Gasteiger partial charge in [0.25, 0.3) is 5.91 Å². The summed E-state index contributed by atoms with van der Waals surface area (Å²) in [6.45, 7) is 9.40. The molecule has 166 valence electrons. The van der Waals surface area contributed by atoms with Gasteiger partial charge in [-0.05, 0) is 62.1 Å². The number of morpholine rings is 1. The summed E-state index contributed by atoms with van der Waals surface area (Å²) < 4.78 is 25.4. The molecule has 2 aliphatic rings. The number of β-lactam (4-membered cyclic amide) rings is 1. The van der Waals surface area contributed by atoms with Crippen molar-refractivity contribution in [2.24, 2.45) is 0 Å². The van der Waals surface area contributed by atoms with E-state index in [9.17, 15) is 9.18 Å². The SMILES string of the molecule is Cc1ccc([C@@H]2[C@@H](Oc3ccccc3F)C(=O)N2CCCCN2CCOCC2)cc1C. The summed E-state index contributed by atoms with van der Waals surface area (Å²) >= 11 is 0. The van der Waals surface area contributed by atoms with Crippen LogP contribution in [0.1, 0.15) is 35.6 Å². The van der Waals surface area contributed by atoms with Crippen LogP contribution in [0.25, 0.3) is 0 Å². The lowest BCUT2D eigenvalue weighted by Gasteiger charge is -2.47. The van der Waals surface area contributed by atoms with Crippen LogP contribution < -0.4 is 4.74 Å². The zero-order chi connectivity index (χ0) is 21.8. The molecule has 2 aliphatic heterocycles. The van der Waals surface area contributed by atoms with Crippen molar-refractivity contribution in [1.29, 1.82) is 0 Å². The number of carbonyl (C=O) groups excluding carboxylic acids is 1. The Morgan fingerprint density at radius 3 is 2.52 bits per heavy atom. The molecule has 5 nitrogen and oxygen atoms in total. The first-order chi connectivity index (χ1) is 15.0. The molecule has 2 heterocycles. The molecule has 31 heavy (non-hydrogen) atoms. The molecule has 0 saturated carbocycles. The monoisotopic (exact) mass is 426 g/mol. The summed E-state index contributed by atoms with van der Waals surface area (Å²) in [5.74, 6) is -0.391. The first-order valence-electron chi connectivity index (χ1n) is 11.1. The van der Waals surface area contributed by atoms with Gasteiger partial charge in [0.2, 0.25) is 6.10 Å². The van der Waals surface area contributed by atoms with Crippen LogP contribution in [0.15, 0.2) is 42.5 Å². The Bertz CT molecular complexity index is 913. The van der Waals surface area contributed by atoms with E-state index in [0.717, 1.165) is 51.3 Å². The van der Waals surface area contributed by atoms with Crippen LogP contribution >= 0.6 is 0 Å². The number of ether oxygens (including phenoxy) is 2. The van der Waals surface area contributed by atoms with Gasteiger partial charge in [-0.15, -0.1) is 0 Å². The summed E-state index contributed by atoms with van der Waals surface area (Å²) in [5.41, 5.74) is 3.42. The minimum atomic E-state index is -0.696. The van der Waals surface area contributed by atoms with E-state index in [4.69, 9.17) is 9.47 Å². The second-order valence-corrected chi connectivity index (χ2v) is 8.45. The standard InChI is InChI=1S/C25H31FN2O3/c1-18-9-10-20(17-19(18)2)23-24(31-22-8-4-3-7-21(22)26)25(29)28(23)12-6-5-11-27-13-15-30-16-14-27/h3-4,7-10,17,23-24H,5-6,11-16H2,1-2H3/t23-,24-/m1/s1. The number of para-hydroxylation sites is 1. The number of aryl methyl sites for hydroxylation is 2. The summed E-state index contributed by atoms with van der Waals surface area (Å²) in [6.07, 6.45) is 1.26. The van der Waals surface area contributed by atoms with Crippen LogP contribution in [0.4, 0.5) is 4.39 Å². The van der Waals surface area contributed by atoms with E-state index in [0.29, 0.717) is 6.54 Å². The average molecular weight is 427 g/mol. The first kappa shape index (κ1) is 21.8. The van der Waals surface area contributed by atoms with E-state index in [1.54, 1.807) is 18.2 Å². The third kappa shape index (κ3) is 4.91. The summed E-state index contributed by atoms with van der Waals surface area (Å²) in [4.78, 5) is 17.3. The fourth-order valence-corrected chi connectivity index (χ4v) is 4.30. The zero-order valence-electron chi connectivity index (χ0n) is 18.4. The largest absolute Gasteiger partial charge is 0.475 e. The molecular formula is C25H31FN2O3. The Morgan fingerprint density at radius 1 is 1.03 bits per heavy atom. The first-order valence-corrected chi connectivity index (χ1v) is 11.1. The van der Waals surface area contributed by atoms with Crippen LogP contribution in [-0.4, -0.2) is 61.2 Å². The Labute approximate surface area is 183 Å². The van der Waals surface area contributed by atoms with Crippen molar-refractivity contribution in [2.45, 2.75) is 38.8 Å². The Balaban J connectivity index is 1.44. The number of unbranched alkanes of at least 4 members (excludes halogenated alkanes) is 1. The Kier molecular flexibility index (Phi) is 6.88. The number of hydrogen-bond acceptors (Lipinski definition) is 4. The minimum Gasteiger partial charge on any atom is -0.475 e. The summed E-state index contributed by atoms with van der Waals surface area (Å²) in [5, 5.41) is 0. The van der Waals surface area contributed by atoms with Gasteiger partial charge in [0, 0.05) is 19.6 Å². The topological polar surface area (TPSA) is 42.0 Å². The lowest BCUT2D eigenvalue weighted by molar-refractivity contribution is -0.164. The lowest BCUT2D eigenvalue weighted by Crippen LogP contribution is -2.61. The van der Waals surface area contributed by atoms with Crippen LogP contribution in [-0.2, 0) is 9.53 Å². The van der Waals surface area contributed by atoms with Crippen LogP contribution in [0.2, 0.25) is 0 Å². The lowest BCUT2D eigenvalue weighted by atomic mass is 9.88. The van der Waals surface area contributed by atoms with Gasteiger partial charge in [-0.1, -0.05) is 30.3 Å². The number of carbonyl (C=O) groups is 1. The molecule has 2 fully saturated rings. The van der Waals surface area contributed by atoms with Crippen LogP contribution in [0.5, 0.6) is 5.75 Å². The molecule has 2 aromatic carbocycles. The fraction of sp³-hybridized carbons (Fsp3) is 0.480. The van der Waals surface area contributed by atoms with Gasteiger partial charge < -0.3 is 14.4 Å². The molecule has 2 aromatic rings. The predicted octanol–water partition coefficient (Wildman–Crippen LogP) is 3.89. The normalized spacial score (nSPS) is 21.8. The highest BCUT2D eigenvalue weighted by atomic mass is 19.1. The number of benzene rings is 2. The molecule has 0 spiro atoms. The summed E-state index contributed by atoms with van der Waals surface area (Å²) in [7, 11) is 0. The summed E-state index contributed by atoms with van der Waals surface area (Å²) in [6, 6.07) is 12.3. The number of likely N-dealkylation sites (tertiary alicyclic amines) is 1. The van der Waals surface area contributed by atoms with Gasteiger partial charge >= 0.3 is 0 Å². The Hall–Kier alpha value is -2.44. The van der Waals surface area contributed by atoms with Crippen molar-refractivity contribution >= 4 is 5.91 Å². The van der Waals surface area contributed by atoms with E-state index in [1.807, 2.05) is 4.90 Å². The zero-order valence-corrected chi connectivity index (χ0v) is 18.4. The maximum absolute atomic E-state index is 14.1. The van der Waals surface area contributed by atoms with Gasteiger partial charge in [-0.2, -0.15) is 0 Å². The molecule has 4 rings (SSSR count). The van der Waals surface area contributed by atoms with Gasteiger partial charge in [-0.25, -0.2) is 4.39 Å². The molecule has 0 unspecified atom stereocenters. The number of rotatable bonds is 8. The van der Waals surface area contributed by atoms with Gasteiger partial charge in [0.05, 0.1) is 13.2 Å². The molecular weight excluding hydrogens is 395 g/mol. The molecule has 0 N–H and O–H groups in total. The second kappa shape index (κ2) is 9.79. The third-order valence-corrected chi connectivity index (χ3v) is 6.34. The van der Waals surface area contributed by atoms with Gasteiger partial charge in [0.15, 0.2) is 11.6 Å². The highest BCUT2D eigenvalue weighted by molar-refractivity contribution is 5.89. The predicted molar refractivity (Wildman–Crippen MR) is 118 cm³/mol. The number of amides is 1. The molecule has 0 aliphatic carbocycles. The Morgan fingerprint density at radius 2 is 1.77 bits per heavy atom. The van der Waals surface area contributed by atoms with E-state index < -0.39 is 11.9 Å². The number of hydrogen-bond donors (Lipinski definition) is 0. The molecule has 1 amide bonds. The van der Waals surface area contributed by atoms with E-state index >= 15 is 0 Å². The van der Waals surface area contributed by atoms with E-state index in [1.165, 1.54) is 17.2 Å². The molecule has 6 heteroatoms. The molecule has 2 atom stereocenters. The molecule has 0 aromatic heterocycles. The van der Waals surface area contributed by atoms with Crippen molar-refractivity contribution in [1.82, 2.24) is 9.80 Å². The smallest absolute Gasteiger partial charge is 0.266 e. The van der Waals surface area contributed by atoms with Gasteiger partial charge in [0.1, 0.15) is 6.04 Å².